The normalized spacial score (nSPS) is 12.7. The fourth-order valence-electron chi connectivity index (χ4n) is 1.63. The van der Waals surface area contributed by atoms with Crippen LogP contribution >= 0.6 is 0 Å². The molecule has 1 unspecified atom stereocenters. The number of carboxylic acid groups (broad SMARTS) is 1. The summed E-state index contributed by atoms with van der Waals surface area (Å²) in [5.74, 6) is -0.873. The first-order valence-electron chi connectivity index (χ1n) is 5.69. The van der Waals surface area contributed by atoms with Gasteiger partial charge in [-0.2, -0.15) is 0 Å². The van der Waals surface area contributed by atoms with Crippen LogP contribution in [0.5, 0.6) is 0 Å². The highest BCUT2D eigenvalue weighted by molar-refractivity contribution is 5.72. The molecule has 0 bridgehead atoms. The van der Waals surface area contributed by atoms with E-state index in [0.717, 1.165) is 11.1 Å². The number of aliphatic carboxylic acids is 1. The van der Waals surface area contributed by atoms with Gasteiger partial charge in [-0.15, -0.1) is 0 Å². The summed E-state index contributed by atoms with van der Waals surface area (Å²) in [6, 6.07) is 7.02. The van der Waals surface area contributed by atoms with Gasteiger partial charge in [-0.1, -0.05) is 24.3 Å². The first-order chi connectivity index (χ1) is 8.60. The van der Waals surface area contributed by atoms with Gasteiger partial charge in [0.25, 0.3) is 0 Å². The van der Waals surface area contributed by atoms with Crippen LogP contribution in [-0.4, -0.2) is 31.3 Å². The van der Waals surface area contributed by atoms with Crippen LogP contribution in [0.25, 0.3) is 0 Å². The van der Waals surface area contributed by atoms with Crippen molar-refractivity contribution in [1.29, 1.82) is 0 Å². The summed E-state index contributed by atoms with van der Waals surface area (Å²) >= 11 is 0. The molecule has 0 fully saturated rings. The molecule has 0 heterocycles. The van der Waals surface area contributed by atoms with Crippen molar-refractivity contribution in [3.05, 3.63) is 35.4 Å². The average Bonchev–Trinajstić information content (AvgIpc) is 2.38. The van der Waals surface area contributed by atoms with E-state index in [4.69, 9.17) is 14.6 Å². The molecule has 0 spiro atoms. The van der Waals surface area contributed by atoms with Gasteiger partial charge < -0.3 is 19.9 Å². The van der Waals surface area contributed by atoms with Crippen LogP contribution in [0.1, 0.15) is 24.3 Å². The molecule has 2 N–H and O–H groups in total. The van der Waals surface area contributed by atoms with Gasteiger partial charge in [-0.05, 0) is 12.5 Å². The number of carbonyl (C=O) groups is 1. The Morgan fingerprint density at radius 3 is 2.50 bits per heavy atom. The van der Waals surface area contributed by atoms with Gasteiger partial charge in [0.1, 0.15) is 6.04 Å². The number of hydrogen-bond donors (Lipinski definition) is 2. The van der Waals surface area contributed by atoms with E-state index in [2.05, 4.69) is 5.32 Å². The number of methoxy groups -OCH3 is 2. The van der Waals surface area contributed by atoms with Crippen LogP contribution in [0.3, 0.4) is 0 Å². The Morgan fingerprint density at radius 1 is 1.33 bits per heavy atom. The number of rotatable bonds is 7. The van der Waals surface area contributed by atoms with E-state index in [0.29, 0.717) is 6.54 Å². The van der Waals surface area contributed by atoms with Gasteiger partial charge in [-0.3, -0.25) is 4.79 Å². The summed E-state index contributed by atoms with van der Waals surface area (Å²) in [4.78, 5) is 10.7. The number of ether oxygens (including phenoxy) is 2. The van der Waals surface area contributed by atoms with Gasteiger partial charge in [-0.25, -0.2) is 0 Å². The zero-order valence-electron chi connectivity index (χ0n) is 10.8. The molecule has 0 aliphatic carbocycles. The molecule has 1 aromatic carbocycles. The molecule has 18 heavy (non-hydrogen) atoms. The predicted molar refractivity (Wildman–Crippen MR) is 67.1 cm³/mol. The molecule has 5 nitrogen and oxygen atoms in total. The zero-order valence-corrected chi connectivity index (χ0v) is 10.8. The second kappa shape index (κ2) is 7.10. The minimum atomic E-state index is -0.873. The topological polar surface area (TPSA) is 67.8 Å². The predicted octanol–water partition coefficient (Wildman–Crippen LogP) is 1.54. The van der Waals surface area contributed by atoms with E-state index in [9.17, 15) is 4.79 Å². The molecule has 1 rings (SSSR count). The van der Waals surface area contributed by atoms with Crippen LogP contribution in [0.2, 0.25) is 0 Å². The molecule has 0 amide bonds. The van der Waals surface area contributed by atoms with Crippen molar-refractivity contribution in [3.8, 4) is 0 Å². The fourth-order valence-corrected chi connectivity index (χ4v) is 1.63. The monoisotopic (exact) mass is 253 g/mol. The van der Waals surface area contributed by atoms with Crippen molar-refractivity contribution in [2.24, 2.45) is 0 Å². The SMILES string of the molecule is COC(OC)c1ccccc1CNC(C)C(=O)O. The zero-order chi connectivity index (χ0) is 13.5. The summed E-state index contributed by atoms with van der Waals surface area (Å²) in [7, 11) is 3.14. The lowest BCUT2D eigenvalue weighted by Gasteiger charge is -2.18. The van der Waals surface area contributed by atoms with E-state index in [-0.39, 0.29) is 0 Å². The van der Waals surface area contributed by atoms with Crippen molar-refractivity contribution in [2.75, 3.05) is 14.2 Å². The third kappa shape index (κ3) is 3.80. The Balaban J connectivity index is 2.79. The second-order valence-corrected chi connectivity index (χ2v) is 3.94. The standard InChI is InChI=1S/C13H19NO4/c1-9(12(15)16)14-8-10-6-4-5-7-11(10)13(17-2)18-3/h4-7,9,13-14H,8H2,1-3H3,(H,15,16). The molecule has 100 valence electrons. The van der Waals surface area contributed by atoms with Crippen molar-refractivity contribution >= 4 is 5.97 Å². The van der Waals surface area contributed by atoms with E-state index in [1.54, 1.807) is 21.1 Å². The third-order valence-corrected chi connectivity index (χ3v) is 2.71. The Morgan fingerprint density at radius 2 is 1.94 bits per heavy atom. The lowest BCUT2D eigenvalue weighted by Crippen LogP contribution is -2.33. The number of hydrogen-bond acceptors (Lipinski definition) is 4. The van der Waals surface area contributed by atoms with Crippen LogP contribution in [-0.2, 0) is 20.8 Å². The highest BCUT2D eigenvalue weighted by Crippen LogP contribution is 2.21. The van der Waals surface area contributed by atoms with Gasteiger partial charge in [0.2, 0.25) is 0 Å². The molecule has 0 aliphatic heterocycles. The Hall–Kier alpha value is -1.43. The first kappa shape index (κ1) is 14.6. The highest BCUT2D eigenvalue weighted by Gasteiger charge is 2.15. The minimum absolute atomic E-state index is 0.442. The quantitative estimate of drug-likeness (QED) is 0.721. The molecule has 1 atom stereocenters. The summed E-state index contributed by atoms with van der Waals surface area (Å²) in [6.07, 6.45) is -0.442. The molecule has 5 heteroatoms. The molecule has 1 aromatic rings. The average molecular weight is 253 g/mol. The number of carboxylic acids is 1. The first-order valence-corrected chi connectivity index (χ1v) is 5.69. The van der Waals surface area contributed by atoms with Crippen molar-refractivity contribution in [1.82, 2.24) is 5.32 Å². The van der Waals surface area contributed by atoms with Crippen molar-refractivity contribution in [3.63, 3.8) is 0 Å². The van der Waals surface area contributed by atoms with E-state index in [1.807, 2.05) is 24.3 Å². The van der Waals surface area contributed by atoms with Crippen LogP contribution < -0.4 is 5.32 Å². The van der Waals surface area contributed by atoms with Gasteiger partial charge >= 0.3 is 5.97 Å². The third-order valence-electron chi connectivity index (χ3n) is 2.71. The molecule has 0 aromatic heterocycles. The van der Waals surface area contributed by atoms with Gasteiger partial charge in [0.15, 0.2) is 6.29 Å². The van der Waals surface area contributed by atoms with Crippen LogP contribution in [0.15, 0.2) is 24.3 Å². The summed E-state index contributed by atoms with van der Waals surface area (Å²) in [6.45, 7) is 2.06. The smallest absolute Gasteiger partial charge is 0.320 e. The maximum Gasteiger partial charge on any atom is 0.320 e. The molecule has 0 saturated carbocycles. The Bertz CT molecular complexity index is 390. The van der Waals surface area contributed by atoms with Crippen LogP contribution in [0, 0.1) is 0 Å². The second-order valence-electron chi connectivity index (χ2n) is 3.94. The lowest BCUT2D eigenvalue weighted by atomic mass is 10.1. The maximum atomic E-state index is 10.7. The largest absolute Gasteiger partial charge is 0.480 e. The van der Waals surface area contributed by atoms with E-state index >= 15 is 0 Å². The Kier molecular flexibility index (Phi) is 5.77. The fraction of sp³-hybridized carbons (Fsp3) is 0.462. The van der Waals surface area contributed by atoms with Crippen molar-refractivity contribution < 1.29 is 19.4 Å². The minimum Gasteiger partial charge on any atom is -0.480 e. The maximum absolute atomic E-state index is 10.7. The Labute approximate surface area is 107 Å². The number of benzene rings is 1. The van der Waals surface area contributed by atoms with Gasteiger partial charge in [0.05, 0.1) is 0 Å². The van der Waals surface area contributed by atoms with Crippen LogP contribution in [0.4, 0.5) is 0 Å². The molecule has 0 radical (unpaired) electrons. The molecule has 0 aliphatic rings. The highest BCUT2D eigenvalue weighted by atomic mass is 16.7. The molecular formula is C13H19NO4. The summed E-state index contributed by atoms with van der Waals surface area (Å²) < 4.78 is 10.4. The van der Waals surface area contributed by atoms with E-state index < -0.39 is 18.3 Å². The summed E-state index contributed by atoms with van der Waals surface area (Å²) in [5, 5.41) is 11.8. The van der Waals surface area contributed by atoms with Crippen molar-refractivity contribution in [2.45, 2.75) is 25.8 Å². The number of nitrogens with one attached hydrogen (secondary N) is 1. The molecular weight excluding hydrogens is 234 g/mol. The molecule has 0 saturated heterocycles. The van der Waals surface area contributed by atoms with E-state index in [1.165, 1.54) is 0 Å². The lowest BCUT2D eigenvalue weighted by molar-refractivity contribution is -0.139. The van der Waals surface area contributed by atoms with Gasteiger partial charge in [0, 0.05) is 26.3 Å². The summed E-state index contributed by atoms with van der Waals surface area (Å²) in [5.41, 5.74) is 1.85.